The van der Waals surface area contributed by atoms with E-state index in [1.807, 2.05) is 49.3 Å². The molecule has 1 fully saturated rings. The average molecular weight is 350 g/mol. The van der Waals surface area contributed by atoms with Gasteiger partial charge in [0.25, 0.3) is 5.91 Å². The molecule has 1 saturated heterocycles. The van der Waals surface area contributed by atoms with Gasteiger partial charge in [-0.05, 0) is 25.1 Å². The highest BCUT2D eigenvalue weighted by atomic mass is 16.2. The Balaban J connectivity index is 1.43. The first-order valence-corrected chi connectivity index (χ1v) is 8.83. The molecule has 3 aromatic rings. The molecule has 1 aliphatic heterocycles. The lowest BCUT2D eigenvalue weighted by molar-refractivity contribution is 0.0627. The summed E-state index contributed by atoms with van der Waals surface area (Å²) in [6.45, 7) is 5.90. The van der Waals surface area contributed by atoms with Crippen molar-refractivity contribution in [2.45, 2.75) is 13.5 Å². The molecule has 0 bridgehead atoms. The molecule has 7 nitrogen and oxygen atoms in total. The summed E-state index contributed by atoms with van der Waals surface area (Å²) in [7, 11) is 1.87. The molecule has 1 aliphatic rings. The van der Waals surface area contributed by atoms with Crippen molar-refractivity contribution in [2.24, 2.45) is 7.05 Å². The molecule has 0 N–H and O–H groups in total. The van der Waals surface area contributed by atoms with Crippen LogP contribution >= 0.6 is 0 Å². The van der Waals surface area contributed by atoms with Crippen LogP contribution in [0.2, 0.25) is 0 Å². The monoisotopic (exact) mass is 350 g/mol. The van der Waals surface area contributed by atoms with E-state index in [0.29, 0.717) is 5.56 Å². The van der Waals surface area contributed by atoms with E-state index in [9.17, 15) is 4.79 Å². The van der Waals surface area contributed by atoms with E-state index in [1.54, 1.807) is 10.9 Å². The van der Waals surface area contributed by atoms with Crippen LogP contribution < -0.4 is 0 Å². The summed E-state index contributed by atoms with van der Waals surface area (Å²) in [5.41, 5.74) is 3.39. The fraction of sp³-hybridized carbons (Fsp3) is 0.368. The maximum atomic E-state index is 12.9. The number of amides is 1. The minimum atomic E-state index is 0.0418. The molecule has 0 spiro atoms. The molecular formula is C19H22N6O. The van der Waals surface area contributed by atoms with Crippen molar-refractivity contribution < 1.29 is 4.79 Å². The molecule has 0 saturated carbocycles. The molecule has 4 heterocycles. The van der Waals surface area contributed by atoms with E-state index in [-0.39, 0.29) is 5.91 Å². The number of pyridine rings is 2. The van der Waals surface area contributed by atoms with Crippen molar-refractivity contribution in [1.82, 2.24) is 29.5 Å². The van der Waals surface area contributed by atoms with E-state index in [4.69, 9.17) is 0 Å². The smallest absolute Gasteiger partial charge is 0.255 e. The number of nitrogens with zero attached hydrogens (tertiary/aromatic N) is 6. The maximum Gasteiger partial charge on any atom is 0.255 e. The minimum absolute atomic E-state index is 0.0418. The van der Waals surface area contributed by atoms with Crippen LogP contribution in [0.25, 0.3) is 11.0 Å². The zero-order valence-electron chi connectivity index (χ0n) is 15.1. The molecule has 3 aromatic heterocycles. The van der Waals surface area contributed by atoms with Crippen LogP contribution in [0, 0.1) is 6.92 Å². The molecule has 0 radical (unpaired) electrons. The van der Waals surface area contributed by atoms with Crippen LogP contribution in [0.5, 0.6) is 0 Å². The zero-order chi connectivity index (χ0) is 18.1. The third-order valence-electron chi connectivity index (χ3n) is 4.88. The topological polar surface area (TPSA) is 67.2 Å². The van der Waals surface area contributed by atoms with Gasteiger partial charge >= 0.3 is 0 Å². The van der Waals surface area contributed by atoms with Crippen molar-refractivity contribution in [1.29, 1.82) is 0 Å². The molecule has 0 aromatic carbocycles. The van der Waals surface area contributed by atoms with Crippen molar-refractivity contribution in [2.75, 3.05) is 26.2 Å². The molecule has 7 heteroatoms. The largest absolute Gasteiger partial charge is 0.336 e. The number of hydrogen-bond donors (Lipinski definition) is 0. The lowest BCUT2D eigenvalue weighted by Crippen LogP contribution is -2.48. The van der Waals surface area contributed by atoms with Gasteiger partial charge in [0.1, 0.15) is 0 Å². The lowest BCUT2D eigenvalue weighted by atomic mass is 10.1. The first kappa shape index (κ1) is 16.7. The van der Waals surface area contributed by atoms with Gasteiger partial charge in [0, 0.05) is 57.6 Å². The molecule has 0 unspecified atom stereocenters. The van der Waals surface area contributed by atoms with Gasteiger partial charge in [-0.25, -0.2) is 4.98 Å². The Morgan fingerprint density at radius 3 is 2.69 bits per heavy atom. The van der Waals surface area contributed by atoms with E-state index < -0.39 is 0 Å². The Hall–Kier alpha value is -2.80. The number of aromatic nitrogens is 4. The highest BCUT2D eigenvalue weighted by Crippen LogP contribution is 2.18. The highest BCUT2D eigenvalue weighted by molar-refractivity contribution is 5.97. The molecule has 4 rings (SSSR count). The van der Waals surface area contributed by atoms with Gasteiger partial charge in [0.15, 0.2) is 5.65 Å². The van der Waals surface area contributed by atoms with Crippen LogP contribution in [-0.4, -0.2) is 61.6 Å². The number of fused-ring (bicyclic) bond motifs is 1. The number of rotatable bonds is 3. The second kappa shape index (κ2) is 6.84. The molecular weight excluding hydrogens is 328 g/mol. The molecule has 26 heavy (non-hydrogen) atoms. The zero-order valence-corrected chi connectivity index (χ0v) is 15.1. The van der Waals surface area contributed by atoms with Gasteiger partial charge in [-0.15, -0.1) is 0 Å². The normalized spacial score (nSPS) is 15.5. The second-order valence-corrected chi connectivity index (χ2v) is 6.69. The molecule has 1 amide bonds. The van der Waals surface area contributed by atoms with Crippen LogP contribution in [0.3, 0.4) is 0 Å². The quantitative estimate of drug-likeness (QED) is 0.718. The molecule has 0 atom stereocenters. The number of piperazine rings is 1. The number of hydrogen-bond acceptors (Lipinski definition) is 5. The van der Waals surface area contributed by atoms with Crippen LogP contribution in [0.15, 0.2) is 36.7 Å². The van der Waals surface area contributed by atoms with Crippen molar-refractivity contribution in [3.63, 3.8) is 0 Å². The SMILES string of the molecule is Cc1nn(C)c2ncc(C(=O)N3CCN(Cc4ccccn4)CC3)cc12. The van der Waals surface area contributed by atoms with Crippen LogP contribution in [0.1, 0.15) is 21.7 Å². The van der Waals surface area contributed by atoms with Crippen molar-refractivity contribution >= 4 is 16.9 Å². The van der Waals surface area contributed by atoms with E-state index in [1.165, 1.54) is 0 Å². The van der Waals surface area contributed by atoms with Gasteiger partial charge in [-0.3, -0.25) is 19.4 Å². The average Bonchev–Trinajstić information content (AvgIpc) is 2.96. The van der Waals surface area contributed by atoms with Crippen LogP contribution in [-0.2, 0) is 13.6 Å². The minimum Gasteiger partial charge on any atom is -0.336 e. The van der Waals surface area contributed by atoms with Gasteiger partial charge in [-0.2, -0.15) is 5.10 Å². The van der Waals surface area contributed by atoms with E-state index in [2.05, 4.69) is 20.0 Å². The Kier molecular flexibility index (Phi) is 4.38. The summed E-state index contributed by atoms with van der Waals surface area (Å²) in [6, 6.07) is 7.88. The highest BCUT2D eigenvalue weighted by Gasteiger charge is 2.23. The Labute approximate surface area is 152 Å². The standard InChI is InChI=1S/C19H22N6O/c1-14-17-11-15(12-21-18(17)23(2)22-14)19(26)25-9-7-24(8-10-25)13-16-5-3-4-6-20-16/h3-6,11-12H,7-10,13H2,1-2H3. The Bertz CT molecular complexity index is 928. The van der Waals surface area contributed by atoms with E-state index in [0.717, 1.165) is 55.1 Å². The fourth-order valence-corrected chi connectivity index (χ4v) is 3.44. The lowest BCUT2D eigenvalue weighted by Gasteiger charge is -2.34. The summed E-state index contributed by atoms with van der Waals surface area (Å²) >= 11 is 0. The maximum absolute atomic E-state index is 12.9. The van der Waals surface area contributed by atoms with Gasteiger partial charge in [0.05, 0.1) is 17.0 Å². The number of aryl methyl sites for hydroxylation is 2. The predicted molar refractivity (Wildman–Crippen MR) is 98.7 cm³/mol. The third-order valence-corrected chi connectivity index (χ3v) is 4.88. The fourth-order valence-electron chi connectivity index (χ4n) is 3.44. The third kappa shape index (κ3) is 3.17. The van der Waals surface area contributed by atoms with Gasteiger partial charge < -0.3 is 4.90 Å². The first-order chi connectivity index (χ1) is 12.6. The van der Waals surface area contributed by atoms with Crippen molar-refractivity contribution in [3.8, 4) is 0 Å². The summed E-state index contributed by atoms with van der Waals surface area (Å²) in [5.74, 6) is 0.0418. The van der Waals surface area contributed by atoms with Gasteiger partial charge in [-0.1, -0.05) is 6.07 Å². The summed E-state index contributed by atoms with van der Waals surface area (Å²) < 4.78 is 1.75. The first-order valence-electron chi connectivity index (χ1n) is 8.83. The van der Waals surface area contributed by atoms with E-state index >= 15 is 0 Å². The van der Waals surface area contributed by atoms with Crippen molar-refractivity contribution in [3.05, 3.63) is 53.6 Å². The Morgan fingerprint density at radius 1 is 1.15 bits per heavy atom. The number of carbonyl (C=O) groups is 1. The number of carbonyl (C=O) groups excluding carboxylic acids is 1. The predicted octanol–water partition coefficient (Wildman–Crippen LogP) is 1.63. The molecule has 134 valence electrons. The second-order valence-electron chi connectivity index (χ2n) is 6.69. The van der Waals surface area contributed by atoms with Crippen LogP contribution in [0.4, 0.5) is 0 Å². The Morgan fingerprint density at radius 2 is 1.96 bits per heavy atom. The summed E-state index contributed by atoms with van der Waals surface area (Å²) in [5, 5.41) is 5.31. The molecule has 0 aliphatic carbocycles. The van der Waals surface area contributed by atoms with Gasteiger partial charge in [0.2, 0.25) is 0 Å². The summed E-state index contributed by atoms with van der Waals surface area (Å²) in [6.07, 6.45) is 3.48. The summed E-state index contributed by atoms with van der Waals surface area (Å²) in [4.78, 5) is 25.9.